The summed E-state index contributed by atoms with van der Waals surface area (Å²) in [5.74, 6) is 1.25. The van der Waals surface area contributed by atoms with Crippen LogP contribution < -0.4 is 0 Å². The standard InChI is InChI=1S/C14H24O3/c1-10-5-4-6-12(9-11(2)15)14(10,3)13-16-7-8-17-13/h10,12-13H,4-9H2,1-3H3/t10-,12+,14+/m0/s1. The first-order chi connectivity index (χ1) is 8.05. The van der Waals surface area contributed by atoms with Crippen LogP contribution in [0.5, 0.6) is 0 Å². The van der Waals surface area contributed by atoms with Crippen LogP contribution in [0.25, 0.3) is 0 Å². The number of Topliss-reactive ketones (excluding diaryl/α,β-unsaturated/α-hetero) is 1. The molecule has 17 heavy (non-hydrogen) atoms. The second-order valence-electron chi connectivity index (χ2n) is 5.87. The molecule has 1 aliphatic carbocycles. The Hall–Kier alpha value is -0.410. The van der Waals surface area contributed by atoms with E-state index in [2.05, 4.69) is 13.8 Å². The van der Waals surface area contributed by atoms with Gasteiger partial charge in [0.05, 0.1) is 13.2 Å². The fourth-order valence-electron chi connectivity index (χ4n) is 3.51. The van der Waals surface area contributed by atoms with Crippen molar-refractivity contribution in [2.24, 2.45) is 17.3 Å². The molecule has 2 rings (SSSR count). The third-order valence-corrected chi connectivity index (χ3v) is 4.79. The summed E-state index contributed by atoms with van der Waals surface area (Å²) in [6, 6.07) is 0. The Bertz CT molecular complexity index is 283. The van der Waals surface area contributed by atoms with Gasteiger partial charge in [0.25, 0.3) is 0 Å². The summed E-state index contributed by atoms with van der Waals surface area (Å²) in [6.07, 6.45) is 4.13. The average Bonchev–Trinajstić information content (AvgIpc) is 2.78. The van der Waals surface area contributed by atoms with Crippen LogP contribution in [0.15, 0.2) is 0 Å². The lowest BCUT2D eigenvalue weighted by Gasteiger charge is -2.48. The predicted octanol–water partition coefficient (Wildman–Crippen LogP) is 2.78. The highest BCUT2D eigenvalue weighted by atomic mass is 16.7. The van der Waals surface area contributed by atoms with Crippen LogP contribution in [0.3, 0.4) is 0 Å². The molecule has 0 aromatic rings. The second kappa shape index (κ2) is 5.07. The van der Waals surface area contributed by atoms with Crippen molar-refractivity contribution < 1.29 is 14.3 Å². The van der Waals surface area contributed by atoms with E-state index in [1.54, 1.807) is 6.92 Å². The van der Waals surface area contributed by atoms with Crippen molar-refractivity contribution in [1.29, 1.82) is 0 Å². The zero-order valence-corrected chi connectivity index (χ0v) is 11.2. The Kier molecular flexibility index (Phi) is 3.88. The number of ether oxygens (including phenoxy) is 2. The zero-order chi connectivity index (χ0) is 12.5. The number of ketones is 1. The van der Waals surface area contributed by atoms with Gasteiger partial charge in [-0.05, 0) is 31.6 Å². The van der Waals surface area contributed by atoms with Gasteiger partial charge in [0.2, 0.25) is 0 Å². The Morgan fingerprint density at radius 1 is 1.29 bits per heavy atom. The molecular formula is C14H24O3. The summed E-state index contributed by atoms with van der Waals surface area (Å²) in [5, 5.41) is 0. The highest BCUT2D eigenvalue weighted by Gasteiger charge is 2.50. The molecule has 2 aliphatic rings. The van der Waals surface area contributed by atoms with Crippen LogP contribution in [0.1, 0.15) is 46.5 Å². The van der Waals surface area contributed by atoms with Gasteiger partial charge in [-0.25, -0.2) is 0 Å². The molecule has 3 atom stereocenters. The van der Waals surface area contributed by atoms with Crippen LogP contribution in [0.2, 0.25) is 0 Å². The van der Waals surface area contributed by atoms with E-state index in [0.717, 1.165) is 6.42 Å². The minimum atomic E-state index is -0.109. The summed E-state index contributed by atoms with van der Waals surface area (Å²) < 4.78 is 11.5. The summed E-state index contributed by atoms with van der Waals surface area (Å²) in [7, 11) is 0. The summed E-state index contributed by atoms with van der Waals surface area (Å²) in [5.41, 5.74) is 0.000417. The predicted molar refractivity (Wildman–Crippen MR) is 65.6 cm³/mol. The molecular weight excluding hydrogens is 216 g/mol. The van der Waals surface area contributed by atoms with Crippen molar-refractivity contribution in [1.82, 2.24) is 0 Å². The average molecular weight is 240 g/mol. The first-order valence-corrected chi connectivity index (χ1v) is 6.77. The lowest BCUT2D eigenvalue weighted by atomic mass is 9.60. The Morgan fingerprint density at radius 3 is 2.53 bits per heavy atom. The molecule has 0 radical (unpaired) electrons. The van der Waals surface area contributed by atoms with Crippen molar-refractivity contribution in [3.8, 4) is 0 Å². The maximum absolute atomic E-state index is 11.4. The van der Waals surface area contributed by atoms with Crippen molar-refractivity contribution in [2.45, 2.75) is 52.7 Å². The van der Waals surface area contributed by atoms with E-state index in [-0.39, 0.29) is 17.5 Å². The molecule has 3 nitrogen and oxygen atoms in total. The molecule has 1 saturated heterocycles. The molecule has 98 valence electrons. The molecule has 0 N–H and O–H groups in total. The van der Waals surface area contributed by atoms with Gasteiger partial charge in [-0.3, -0.25) is 0 Å². The van der Waals surface area contributed by atoms with Gasteiger partial charge in [0, 0.05) is 11.8 Å². The van der Waals surface area contributed by atoms with Crippen LogP contribution in [0.4, 0.5) is 0 Å². The number of hydrogen-bond acceptors (Lipinski definition) is 3. The van der Waals surface area contributed by atoms with E-state index in [4.69, 9.17) is 9.47 Å². The van der Waals surface area contributed by atoms with Crippen molar-refractivity contribution in [3.05, 3.63) is 0 Å². The van der Waals surface area contributed by atoms with Gasteiger partial charge in [-0.2, -0.15) is 0 Å². The summed E-state index contributed by atoms with van der Waals surface area (Å²) in [4.78, 5) is 11.4. The van der Waals surface area contributed by atoms with Gasteiger partial charge in [0.15, 0.2) is 6.29 Å². The Morgan fingerprint density at radius 2 is 1.94 bits per heavy atom. The molecule has 0 unspecified atom stereocenters. The van der Waals surface area contributed by atoms with Crippen LogP contribution in [-0.4, -0.2) is 25.3 Å². The molecule has 1 aliphatic heterocycles. The number of rotatable bonds is 3. The normalized spacial score (nSPS) is 39.5. The van der Waals surface area contributed by atoms with Crippen molar-refractivity contribution in [3.63, 3.8) is 0 Å². The highest BCUT2D eigenvalue weighted by molar-refractivity contribution is 5.75. The molecule has 0 amide bonds. The van der Waals surface area contributed by atoms with E-state index in [9.17, 15) is 4.79 Å². The van der Waals surface area contributed by atoms with E-state index in [1.807, 2.05) is 0 Å². The summed E-state index contributed by atoms with van der Waals surface area (Å²) >= 11 is 0. The minimum absolute atomic E-state index is 0.000417. The lowest BCUT2D eigenvalue weighted by Crippen LogP contribution is -2.48. The van der Waals surface area contributed by atoms with Crippen LogP contribution in [0, 0.1) is 17.3 Å². The first kappa shape index (κ1) is 13.0. The third-order valence-electron chi connectivity index (χ3n) is 4.79. The van der Waals surface area contributed by atoms with Gasteiger partial charge >= 0.3 is 0 Å². The lowest BCUT2D eigenvalue weighted by molar-refractivity contribution is -0.182. The number of hydrogen-bond donors (Lipinski definition) is 0. The molecule has 0 aromatic carbocycles. The fraction of sp³-hybridized carbons (Fsp3) is 0.929. The van der Waals surface area contributed by atoms with E-state index in [0.29, 0.717) is 31.5 Å². The molecule has 3 heteroatoms. The zero-order valence-electron chi connectivity index (χ0n) is 11.2. The van der Waals surface area contributed by atoms with Gasteiger partial charge in [-0.1, -0.05) is 20.3 Å². The quantitative estimate of drug-likeness (QED) is 0.761. The van der Waals surface area contributed by atoms with Crippen molar-refractivity contribution in [2.75, 3.05) is 13.2 Å². The van der Waals surface area contributed by atoms with Crippen LogP contribution in [-0.2, 0) is 14.3 Å². The maximum atomic E-state index is 11.4. The molecule has 0 aromatic heterocycles. The monoisotopic (exact) mass is 240 g/mol. The maximum Gasteiger partial charge on any atom is 0.163 e. The largest absolute Gasteiger partial charge is 0.350 e. The smallest absolute Gasteiger partial charge is 0.163 e. The summed E-state index contributed by atoms with van der Waals surface area (Å²) in [6.45, 7) is 7.60. The van der Waals surface area contributed by atoms with E-state index >= 15 is 0 Å². The molecule has 2 fully saturated rings. The van der Waals surface area contributed by atoms with Gasteiger partial charge in [0.1, 0.15) is 5.78 Å². The third kappa shape index (κ3) is 2.41. The molecule has 0 bridgehead atoms. The second-order valence-corrected chi connectivity index (χ2v) is 5.87. The molecule has 0 spiro atoms. The van der Waals surface area contributed by atoms with Gasteiger partial charge in [-0.15, -0.1) is 0 Å². The van der Waals surface area contributed by atoms with E-state index < -0.39 is 0 Å². The fourth-order valence-corrected chi connectivity index (χ4v) is 3.51. The molecule has 1 heterocycles. The van der Waals surface area contributed by atoms with Crippen molar-refractivity contribution >= 4 is 5.78 Å². The Labute approximate surface area is 104 Å². The molecule has 1 saturated carbocycles. The highest BCUT2D eigenvalue weighted by Crippen LogP contribution is 2.51. The van der Waals surface area contributed by atoms with Gasteiger partial charge < -0.3 is 14.3 Å². The topological polar surface area (TPSA) is 35.5 Å². The van der Waals surface area contributed by atoms with Crippen LogP contribution >= 0.6 is 0 Å². The minimum Gasteiger partial charge on any atom is -0.350 e. The Balaban J connectivity index is 2.18. The number of carbonyl (C=O) groups excluding carboxylic acids is 1. The number of carbonyl (C=O) groups is 1. The first-order valence-electron chi connectivity index (χ1n) is 6.77. The SMILES string of the molecule is CC(=O)C[C@H]1CCC[C@H](C)[C@@]1(C)C1OCCO1. The van der Waals surface area contributed by atoms with E-state index in [1.165, 1.54) is 12.8 Å².